The van der Waals surface area contributed by atoms with Crippen LogP contribution in [0.4, 0.5) is 4.79 Å². The minimum atomic E-state index is -0.355. The fourth-order valence-electron chi connectivity index (χ4n) is 2.97. The van der Waals surface area contributed by atoms with Crippen molar-refractivity contribution < 1.29 is 9.53 Å². The van der Waals surface area contributed by atoms with Crippen LogP contribution < -0.4 is 4.74 Å². The Balaban J connectivity index is 1.79. The number of carbonyl (C=O) groups is 1. The summed E-state index contributed by atoms with van der Waals surface area (Å²) in [5, 5.41) is 4.45. The number of hydrogen-bond donors (Lipinski definition) is 0. The van der Waals surface area contributed by atoms with Crippen LogP contribution in [0.25, 0.3) is 5.69 Å². The molecule has 5 nitrogen and oxygen atoms in total. The van der Waals surface area contributed by atoms with Gasteiger partial charge in [-0.2, -0.15) is 5.10 Å². The maximum Gasteiger partial charge on any atom is 0.415 e. The lowest BCUT2D eigenvalue weighted by molar-refractivity contribution is 0.151. The van der Waals surface area contributed by atoms with Gasteiger partial charge in [-0.05, 0) is 31.0 Å². The summed E-state index contributed by atoms with van der Waals surface area (Å²) in [4.78, 5) is 14.4. The highest BCUT2D eigenvalue weighted by atomic mass is 16.6. The van der Waals surface area contributed by atoms with Crippen LogP contribution in [0.3, 0.4) is 0 Å². The van der Waals surface area contributed by atoms with E-state index in [-0.39, 0.29) is 6.09 Å². The van der Waals surface area contributed by atoms with Gasteiger partial charge in [0.25, 0.3) is 0 Å². The van der Waals surface area contributed by atoms with E-state index in [2.05, 4.69) is 12.0 Å². The lowest BCUT2D eigenvalue weighted by atomic mass is 10.2. The number of aromatic nitrogens is 2. The Bertz CT molecular complexity index is 860. The van der Waals surface area contributed by atoms with Crippen LogP contribution in [0.15, 0.2) is 66.9 Å². The number of rotatable bonds is 7. The lowest BCUT2D eigenvalue weighted by Crippen LogP contribution is -2.33. The van der Waals surface area contributed by atoms with E-state index in [4.69, 9.17) is 4.74 Å². The Morgan fingerprint density at radius 3 is 2.33 bits per heavy atom. The standard InChI is InChI=1S/C22H25N3O2/c1-3-11-20-21(16-23-25(20)19-14-9-6-10-15-19)27-22(26)24(4-2)17-18-12-7-5-8-13-18/h5-10,12-16H,3-4,11,17H2,1-2H3. The summed E-state index contributed by atoms with van der Waals surface area (Å²) in [5.41, 5.74) is 2.94. The Morgan fingerprint density at radius 2 is 1.70 bits per heavy atom. The van der Waals surface area contributed by atoms with Crippen LogP contribution in [-0.4, -0.2) is 27.3 Å². The molecule has 0 fully saturated rings. The summed E-state index contributed by atoms with van der Waals surface area (Å²) in [7, 11) is 0. The highest BCUT2D eigenvalue weighted by Crippen LogP contribution is 2.24. The van der Waals surface area contributed by atoms with Crippen molar-refractivity contribution in [3.8, 4) is 11.4 Å². The monoisotopic (exact) mass is 363 g/mol. The van der Waals surface area contributed by atoms with E-state index in [1.165, 1.54) is 0 Å². The lowest BCUT2D eigenvalue weighted by Gasteiger charge is -2.20. The van der Waals surface area contributed by atoms with Gasteiger partial charge < -0.3 is 9.64 Å². The minimum absolute atomic E-state index is 0.355. The molecule has 5 heteroatoms. The first kappa shape index (κ1) is 18.7. The summed E-state index contributed by atoms with van der Waals surface area (Å²) in [6.45, 7) is 5.14. The molecule has 0 bridgehead atoms. The SMILES string of the molecule is CCCc1c(OC(=O)N(CC)Cc2ccccc2)cnn1-c1ccccc1. The summed E-state index contributed by atoms with van der Waals surface area (Å²) < 4.78 is 7.58. The van der Waals surface area contributed by atoms with Gasteiger partial charge in [-0.1, -0.05) is 61.9 Å². The third-order valence-corrected chi connectivity index (χ3v) is 4.37. The summed E-state index contributed by atoms with van der Waals surface area (Å²) >= 11 is 0. The molecule has 0 atom stereocenters. The smallest absolute Gasteiger partial charge is 0.406 e. The second kappa shape index (κ2) is 9.03. The predicted octanol–water partition coefficient (Wildman–Crippen LogP) is 4.85. The fraction of sp³-hybridized carbons (Fsp3) is 0.273. The molecule has 0 unspecified atom stereocenters. The van der Waals surface area contributed by atoms with Crippen LogP contribution >= 0.6 is 0 Å². The van der Waals surface area contributed by atoms with Gasteiger partial charge in [0.1, 0.15) is 0 Å². The number of ether oxygens (including phenoxy) is 1. The zero-order chi connectivity index (χ0) is 19.1. The largest absolute Gasteiger partial charge is 0.415 e. The molecule has 27 heavy (non-hydrogen) atoms. The molecule has 2 aromatic carbocycles. The first-order chi connectivity index (χ1) is 13.2. The van der Waals surface area contributed by atoms with Gasteiger partial charge in [0.2, 0.25) is 0 Å². The molecule has 3 aromatic rings. The molecule has 0 aliphatic heterocycles. The minimum Gasteiger partial charge on any atom is -0.406 e. The van der Waals surface area contributed by atoms with E-state index < -0.39 is 0 Å². The van der Waals surface area contributed by atoms with E-state index in [9.17, 15) is 4.79 Å². The van der Waals surface area contributed by atoms with E-state index in [1.54, 1.807) is 11.1 Å². The second-order valence-corrected chi connectivity index (χ2v) is 6.32. The topological polar surface area (TPSA) is 47.4 Å². The van der Waals surface area contributed by atoms with Crippen molar-refractivity contribution in [2.45, 2.75) is 33.2 Å². The van der Waals surface area contributed by atoms with Crippen molar-refractivity contribution in [2.24, 2.45) is 0 Å². The molecule has 0 saturated carbocycles. The zero-order valence-corrected chi connectivity index (χ0v) is 15.8. The van der Waals surface area contributed by atoms with Crippen molar-refractivity contribution >= 4 is 6.09 Å². The van der Waals surface area contributed by atoms with Crippen molar-refractivity contribution in [1.82, 2.24) is 14.7 Å². The second-order valence-electron chi connectivity index (χ2n) is 6.32. The molecule has 1 amide bonds. The molecule has 140 valence electrons. The van der Waals surface area contributed by atoms with Crippen molar-refractivity contribution in [2.75, 3.05) is 6.54 Å². The van der Waals surface area contributed by atoms with E-state index in [0.29, 0.717) is 18.8 Å². The highest BCUT2D eigenvalue weighted by molar-refractivity contribution is 5.71. The first-order valence-corrected chi connectivity index (χ1v) is 9.36. The fourth-order valence-corrected chi connectivity index (χ4v) is 2.97. The average Bonchev–Trinajstić information content (AvgIpc) is 3.10. The number of benzene rings is 2. The molecule has 1 aromatic heterocycles. The maximum atomic E-state index is 12.7. The third kappa shape index (κ3) is 4.56. The molecular weight excluding hydrogens is 338 g/mol. The van der Waals surface area contributed by atoms with E-state index in [0.717, 1.165) is 29.8 Å². The Kier molecular flexibility index (Phi) is 6.26. The molecule has 0 spiro atoms. The molecule has 0 aliphatic rings. The molecular formula is C22H25N3O2. The Morgan fingerprint density at radius 1 is 1.04 bits per heavy atom. The van der Waals surface area contributed by atoms with Crippen LogP contribution in [0.2, 0.25) is 0 Å². The number of amides is 1. The third-order valence-electron chi connectivity index (χ3n) is 4.37. The quantitative estimate of drug-likeness (QED) is 0.603. The van der Waals surface area contributed by atoms with Crippen molar-refractivity contribution in [3.63, 3.8) is 0 Å². The molecule has 0 radical (unpaired) electrons. The van der Waals surface area contributed by atoms with Gasteiger partial charge >= 0.3 is 6.09 Å². The molecule has 3 rings (SSSR count). The van der Waals surface area contributed by atoms with E-state index in [1.807, 2.05) is 72.3 Å². The number of nitrogens with zero attached hydrogens (tertiary/aromatic N) is 3. The van der Waals surface area contributed by atoms with Crippen LogP contribution in [0.1, 0.15) is 31.5 Å². The van der Waals surface area contributed by atoms with Gasteiger partial charge in [-0.25, -0.2) is 9.48 Å². The van der Waals surface area contributed by atoms with Crippen LogP contribution in [0.5, 0.6) is 5.75 Å². The van der Waals surface area contributed by atoms with Crippen molar-refractivity contribution in [3.05, 3.63) is 78.1 Å². The first-order valence-electron chi connectivity index (χ1n) is 9.36. The predicted molar refractivity (Wildman–Crippen MR) is 106 cm³/mol. The maximum absolute atomic E-state index is 12.7. The number of hydrogen-bond acceptors (Lipinski definition) is 3. The molecule has 0 saturated heterocycles. The average molecular weight is 363 g/mol. The highest BCUT2D eigenvalue weighted by Gasteiger charge is 2.19. The normalized spacial score (nSPS) is 10.6. The molecule has 1 heterocycles. The van der Waals surface area contributed by atoms with Gasteiger partial charge in [0, 0.05) is 13.1 Å². The summed E-state index contributed by atoms with van der Waals surface area (Å²) in [6.07, 6.45) is 2.99. The van der Waals surface area contributed by atoms with Gasteiger partial charge in [-0.15, -0.1) is 0 Å². The summed E-state index contributed by atoms with van der Waals surface area (Å²) in [5.74, 6) is 0.525. The van der Waals surface area contributed by atoms with Crippen LogP contribution in [-0.2, 0) is 13.0 Å². The van der Waals surface area contributed by atoms with Crippen LogP contribution in [0, 0.1) is 0 Å². The molecule has 0 aliphatic carbocycles. The Labute approximate surface area is 160 Å². The van der Waals surface area contributed by atoms with Gasteiger partial charge in [-0.3, -0.25) is 0 Å². The Hall–Kier alpha value is -3.08. The van der Waals surface area contributed by atoms with Crippen molar-refractivity contribution in [1.29, 1.82) is 0 Å². The number of para-hydroxylation sites is 1. The van der Waals surface area contributed by atoms with Gasteiger partial charge in [0.15, 0.2) is 5.75 Å². The molecule has 0 N–H and O–H groups in total. The zero-order valence-electron chi connectivity index (χ0n) is 15.8. The number of carbonyl (C=O) groups excluding carboxylic acids is 1. The van der Waals surface area contributed by atoms with Gasteiger partial charge in [0.05, 0.1) is 17.6 Å². The summed E-state index contributed by atoms with van der Waals surface area (Å²) in [6, 6.07) is 19.8. The van der Waals surface area contributed by atoms with E-state index >= 15 is 0 Å².